The number of aryl methyl sites for hydroxylation is 1. The third kappa shape index (κ3) is 26.8. The topological polar surface area (TPSA) is 83.8 Å². The average Bonchev–Trinajstić information content (AvgIpc) is 3.15. The first-order valence-corrected chi connectivity index (χ1v) is 24.3. The fourth-order valence-electron chi connectivity index (χ4n) is 8.22. The molecule has 1 rings (SSSR count). The molecule has 2 atom stereocenters. The van der Waals surface area contributed by atoms with E-state index in [4.69, 9.17) is 4.74 Å². The van der Waals surface area contributed by atoms with Gasteiger partial charge in [0.1, 0.15) is 11.9 Å². The maximum absolute atomic E-state index is 13.5. The molecule has 0 radical (unpaired) electrons. The van der Waals surface area contributed by atoms with Gasteiger partial charge in [0.15, 0.2) is 5.92 Å². The van der Waals surface area contributed by atoms with Gasteiger partial charge < -0.3 is 14.9 Å². The SMILES string of the molecule is CCCCCCCCCCCCCCCCCCC(CCCCCCCCCCCCCCCCC)OC(=O)C(Cc1cc(C)c(O)c(C(C)(C)C)c1)C(=O)O. The highest BCUT2D eigenvalue weighted by molar-refractivity contribution is 5.94. The van der Waals surface area contributed by atoms with Crippen molar-refractivity contribution in [2.45, 2.75) is 271 Å². The van der Waals surface area contributed by atoms with Crippen LogP contribution in [-0.2, 0) is 26.2 Å². The quantitative estimate of drug-likeness (QED) is 0.0396. The molecule has 0 aromatic heterocycles. The number of aliphatic carboxylic acids is 1. The maximum Gasteiger partial charge on any atom is 0.320 e. The first kappa shape index (κ1) is 52.0. The summed E-state index contributed by atoms with van der Waals surface area (Å²) in [5.74, 6) is -2.80. The van der Waals surface area contributed by atoms with Gasteiger partial charge in [0.05, 0.1) is 0 Å². The van der Waals surface area contributed by atoms with Crippen LogP contribution in [0, 0.1) is 12.8 Å². The lowest BCUT2D eigenvalue weighted by Crippen LogP contribution is -2.31. The molecule has 5 nitrogen and oxygen atoms in total. The van der Waals surface area contributed by atoms with Crippen LogP contribution in [0.5, 0.6) is 5.75 Å². The van der Waals surface area contributed by atoms with E-state index in [0.717, 1.165) is 49.7 Å². The Kier molecular flexibility index (Phi) is 31.5. The number of aromatic hydroxyl groups is 1. The van der Waals surface area contributed by atoms with Crippen LogP contribution >= 0.6 is 0 Å². The van der Waals surface area contributed by atoms with E-state index in [9.17, 15) is 19.8 Å². The minimum atomic E-state index is -1.26. The van der Waals surface area contributed by atoms with Crippen molar-refractivity contribution in [3.8, 4) is 5.75 Å². The van der Waals surface area contributed by atoms with Gasteiger partial charge in [-0.05, 0) is 61.1 Å². The molecule has 1 aromatic rings. The molecule has 0 aliphatic carbocycles. The zero-order valence-electron chi connectivity index (χ0n) is 38.0. The molecule has 2 unspecified atom stereocenters. The summed E-state index contributed by atoms with van der Waals surface area (Å²) in [5, 5.41) is 20.9. The number of ether oxygens (including phenoxy) is 1. The standard InChI is InChI=1S/C51H92O5/c1-7-9-11-13-15-17-19-21-23-25-27-29-31-33-35-37-39-45(38-36-34-32-30-28-26-24-22-20-18-16-14-12-10-8-2)56-50(55)46(49(53)54)41-44-40-43(3)48(52)47(42-44)51(4,5)6/h40,42,45-46,52H,7-39,41H2,1-6H3,(H,53,54). The minimum Gasteiger partial charge on any atom is -0.507 e. The number of carbonyl (C=O) groups is 2. The normalized spacial score (nSPS) is 12.9. The lowest BCUT2D eigenvalue weighted by atomic mass is 9.83. The summed E-state index contributed by atoms with van der Waals surface area (Å²) >= 11 is 0. The van der Waals surface area contributed by atoms with Crippen LogP contribution in [0.15, 0.2) is 12.1 Å². The number of carboxylic acid groups (broad SMARTS) is 1. The third-order valence-electron chi connectivity index (χ3n) is 12.0. The number of rotatable bonds is 38. The molecule has 0 saturated carbocycles. The number of hydrogen-bond acceptors (Lipinski definition) is 4. The smallest absolute Gasteiger partial charge is 0.320 e. The lowest BCUT2D eigenvalue weighted by molar-refractivity contribution is -0.163. The summed E-state index contributed by atoms with van der Waals surface area (Å²) in [6.45, 7) is 12.5. The van der Waals surface area contributed by atoms with Gasteiger partial charge in [-0.3, -0.25) is 9.59 Å². The van der Waals surface area contributed by atoms with Crippen molar-refractivity contribution in [1.82, 2.24) is 0 Å². The van der Waals surface area contributed by atoms with E-state index in [1.807, 2.05) is 33.8 Å². The second kappa shape index (κ2) is 33.9. The number of esters is 1. The van der Waals surface area contributed by atoms with Crippen LogP contribution in [0.4, 0.5) is 0 Å². The number of carbonyl (C=O) groups excluding carboxylic acids is 1. The first-order chi connectivity index (χ1) is 27.0. The van der Waals surface area contributed by atoms with E-state index in [2.05, 4.69) is 13.8 Å². The summed E-state index contributed by atoms with van der Waals surface area (Å²) in [5.41, 5.74) is 1.89. The van der Waals surface area contributed by atoms with Gasteiger partial charge in [-0.15, -0.1) is 0 Å². The average molecular weight is 785 g/mol. The Hall–Kier alpha value is -2.04. The van der Waals surface area contributed by atoms with E-state index in [1.54, 1.807) is 6.07 Å². The van der Waals surface area contributed by atoms with Crippen molar-refractivity contribution in [1.29, 1.82) is 0 Å². The molecule has 0 amide bonds. The summed E-state index contributed by atoms with van der Waals surface area (Å²) < 4.78 is 6.07. The number of benzene rings is 1. The Bertz CT molecular complexity index is 1100. The van der Waals surface area contributed by atoms with Crippen LogP contribution in [0.25, 0.3) is 0 Å². The Morgan fingerprint density at radius 3 is 1.18 bits per heavy atom. The molecule has 0 aliphatic heterocycles. The summed E-state index contributed by atoms with van der Waals surface area (Å²) in [6, 6.07) is 3.66. The molecule has 0 bridgehead atoms. The number of phenols is 1. The summed E-state index contributed by atoms with van der Waals surface area (Å²) in [7, 11) is 0. The highest BCUT2D eigenvalue weighted by Crippen LogP contribution is 2.35. The fourth-order valence-corrected chi connectivity index (χ4v) is 8.22. The molecule has 5 heteroatoms. The molecule has 1 aromatic carbocycles. The molecular formula is C51H92O5. The number of phenolic OH excluding ortho intramolecular Hbond substituents is 1. The predicted octanol–water partition coefficient (Wildman–Crippen LogP) is 16.1. The van der Waals surface area contributed by atoms with E-state index in [-0.39, 0.29) is 23.7 Å². The van der Waals surface area contributed by atoms with Gasteiger partial charge in [-0.2, -0.15) is 0 Å². The van der Waals surface area contributed by atoms with E-state index >= 15 is 0 Å². The number of carboxylic acids is 1. The molecule has 0 fully saturated rings. The second-order valence-corrected chi connectivity index (χ2v) is 18.5. The Balaban J connectivity index is 2.52. The van der Waals surface area contributed by atoms with Crippen molar-refractivity contribution < 1.29 is 24.5 Å². The maximum atomic E-state index is 13.5. The van der Waals surface area contributed by atoms with Gasteiger partial charge in [-0.1, -0.05) is 233 Å². The molecule has 0 spiro atoms. The van der Waals surface area contributed by atoms with Gasteiger partial charge in [0.25, 0.3) is 0 Å². The Morgan fingerprint density at radius 1 is 0.554 bits per heavy atom. The minimum absolute atomic E-state index is 0.0586. The molecular weight excluding hydrogens is 693 g/mol. The van der Waals surface area contributed by atoms with Gasteiger partial charge in [0, 0.05) is 0 Å². The first-order valence-electron chi connectivity index (χ1n) is 24.3. The Morgan fingerprint density at radius 2 is 0.875 bits per heavy atom. The van der Waals surface area contributed by atoms with Crippen molar-refractivity contribution in [3.63, 3.8) is 0 Å². The highest BCUT2D eigenvalue weighted by atomic mass is 16.5. The van der Waals surface area contributed by atoms with Crippen LogP contribution in [-0.4, -0.2) is 28.3 Å². The number of unbranched alkanes of at least 4 members (excludes halogenated alkanes) is 29. The van der Waals surface area contributed by atoms with Crippen LogP contribution in [0.3, 0.4) is 0 Å². The van der Waals surface area contributed by atoms with Crippen LogP contribution in [0.1, 0.15) is 263 Å². The van der Waals surface area contributed by atoms with E-state index in [1.165, 1.54) is 173 Å². The molecule has 56 heavy (non-hydrogen) atoms. The Labute approximate surface area is 347 Å². The molecule has 0 saturated heterocycles. The van der Waals surface area contributed by atoms with Gasteiger partial charge in [0.2, 0.25) is 0 Å². The molecule has 0 heterocycles. The van der Waals surface area contributed by atoms with Crippen LogP contribution < -0.4 is 0 Å². The third-order valence-corrected chi connectivity index (χ3v) is 12.0. The van der Waals surface area contributed by atoms with Crippen molar-refractivity contribution >= 4 is 11.9 Å². The van der Waals surface area contributed by atoms with Gasteiger partial charge in [-0.25, -0.2) is 0 Å². The monoisotopic (exact) mass is 785 g/mol. The van der Waals surface area contributed by atoms with E-state index in [0.29, 0.717) is 5.56 Å². The second-order valence-electron chi connectivity index (χ2n) is 18.5. The molecule has 2 N–H and O–H groups in total. The zero-order chi connectivity index (χ0) is 41.3. The van der Waals surface area contributed by atoms with Crippen molar-refractivity contribution in [3.05, 3.63) is 28.8 Å². The molecule has 326 valence electrons. The van der Waals surface area contributed by atoms with Crippen molar-refractivity contribution in [2.24, 2.45) is 5.92 Å². The van der Waals surface area contributed by atoms with E-state index < -0.39 is 17.9 Å². The van der Waals surface area contributed by atoms with Gasteiger partial charge >= 0.3 is 11.9 Å². The predicted molar refractivity (Wildman–Crippen MR) is 240 cm³/mol. The largest absolute Gasteiger partial charge is 0.507 e. The molecule has 0 aliphatic rings. The fraction of sp³-hybridized carbons (Fsp3) is 0.843. The van der Waals surface area contributed by atoms with Crippen LogP contribution in [0.2, 0.25) is 0 Å². The van der Waals surface area contributed by atoms with Crippen molar-refractivity contribution in [2.75, 3.05) is 0 Å². The lowest BCUT2D eigenvalue weighted by Gasteiger charge is -2.24. The summed E-state index contributed by atoms with van der Waals surface area (Å²) in [6.07, 6.45) is 42.3. The zero-order valence-corrected chi connectivity index (χ0v) is 38.0. The summed E-state index contributed by atoms with van der Waals surface area (Å²) in [4.78, 5) is 25.9. The number of hydrogen-bond donors (Lipinski definition) is 2. The highest BCUT2D eigenvalue weighted by Gasteiger charge is 2.31.